The lowest BCUT2D eigenvalue weighted by molar-refractivity contribution is -0.259. The fourth-order valence-corrected chi connectivity index (χ4v) is 7.93. The molecule has 100 valence electrons. The average molecular weight is 278 g/mol. The van der Waals surface area contributed by atoms with Crippen molar-refractivity contribution in [1.29, 1.82) is 0 Å². The van der Waals surface area contributed by atoms with Gasteiger partial charge in [0.05, 0.1) is 6.23 Å². The molecule has 0 atom stereocenters. The molecule has 0 amide bonds. The highest BCUT2D eigenvalue weighted by Crippen LogP contribution is 2.14. The first-order chi connectivity index (χ1) is 7.59. The van der Waals surface area contributed by atoms with E-state index < -0.39 is 22.6 Å². The fraction of sp³-hybridized carbons (Fsp3) is 0.700. The molecule has 0 rings (SSSR count). The lowest BCUT2D eigenvalue weighted by atomic mass is 10.4. The molecule has 0 aliphatic carbocycles. The number of aliphatic hydroxyl groups excluding tert-OH is 1. The van der Waals surface area contributed by atoms with Gasteiger partial charge in [-0.15, -0.1) is 0 Å². The summed E-state index contributed by atoms with van der Waals surface area (Å²) in [5.74, 6) is -0.575. The van der Waals surface area contributed by atoms with Gasteiger partial charge in [0.1, 0.15) is 6.23 Å². The first kappa shape index (κ1) is 16.5. The predicted octanol–water partition coefficient (Wildman–Crippen LogP) is 1.53. The number of hydrogen-bond acceptors (Lipinski definition) is 5. The van der Waals surface area contributed by atoms with Gasteiger partial charge < -0.3 is 9.22 Å². The highest BCUT2D eigenvalue weighted by Gasteiger charge is 2.33. The molecule has 17 heavy (non-hydrogen) atoms. The lowest BCUT2D eigenvalue weighted by Gasteiger charge is -2.31. The summed E-state index contributed by atoms with van der Waals surface area (Å²) in [6, 6.07) is 0. The summed E-state index contributed by atoms with van der Waals surface area (Å²) in [4.78, 5) is 20.5. The van der Waals surface area contributed by atoms with E-state index in [9.17, 15) is 4.79 Å². The maximum atomic E-state index is 11.1. The van der Waals surface area contributed by atoms with Crippen LogP contribution < -0.4 is 0 Å². The molecule has 0 aromatic carbocycles. The third kappa shape index (κ3) is 7.45. The van der Waals surface area contributed by atoms with E-state index in [0.717, 1.165) is 0 Å². The van der Waals surface area contributed by atoms with Crippen LogP contribution in [0.25, 0.3) is 0 Å². The van der Waals surface area contributed by atoms with E-state index in [-0.39, 0.29) is 18.0 Å². The Morgan fingerprint density at radius 3 is 2.18 bits per heavy atom. The largest absolute Gasteiger partial charge is 0.452 e. The SMILES string of the molecule is C=C(C)C(=O)OOC[Si](C)(C)O[Si](C)(C)CO. The van der Waals surface area contributed by atoms with Gasteiger partial charge in [-0.1, -0.05) is 6.58 Å². The van der Waals surface area contributed by atoms with Gasteiger partial charge in [-0.25, -0.2) is 4.79 Å². The maximum absolute atomic E-state index is 11.1. The molecule has 0 aromatic heterocycles. The van der Waals surface area contributed by atoms with Gasteiger partial charge in [-0.2, -0.15) is 4.89 Å². The van der Waals surface area contributed by atoms with Crippen LogP contribution in [0.3, 0.4) is 0 Å². The lowest BCUT2D eigenvalue weighted by Crippen LogP contribution is -2.50. The van der Waals surface area contributed by atoms with Crippen LogP contribution in [0, 0.1) is 0 Å². The molecule has 0 aromatic rings. The fourth-order valence-electron chi connectivity index (χ4n) is 1.11. The zero-order chi connectivity index (χ0) is 13.7. The number of aliphatic hydroxyl groups is 1. The van der Waals surface area contributed by atoms with Crippen molar-refractivity contribution >= 4 is 22.6 Å². The normalized spacial score (nSPS) is 12.4. The van der Waals surface area contributed by atoms with E-state index in [2.05, 4.69) is 11.5 Å². The molecular weight excluding hydrogens is 256 g/mol. The summed E-state index contributed by atoms with van der Waals surface area (Å²) in [7, 11) is -4.12. The van der Waals surface area contributed by atoms with Gasteiger partial charge in [-0.05, 0) is 33.1 Å². The molecular formula is C10H22O5Si2. The van der Waals surface area contributed by atoms with Gasteiger partial charge in [0.15, 0.2) is 8.32 Å². The second-order valence-electron chi connectivity index (χ2n) is 5.19. The predicted molar refractivity (Wildman–Crippen MR) is 70.0 cm³/mol. The highest BCUT2D eigenvalue weighted by molar-refractivity contribution is 6.84. The average Bonchev–Trinajstić information content (AvgIpc) is 2.15. The Hall–Kier alpha value is -0.476. The molecule has 0 saturated carbocycles. The monoisotopic (exact) mass is 278 g/mol. The molecule has 0 aliphatic heterocycles. The Kier molecular flexibility index (Phi) is 6.27. The van der Waals surface area contributed by atoms with E-state index >= 15 is 0 Å². The number of hydrogen-bond donors (Lipinski definition) is 1. The van der Waals surface area contributed by atoms with E-state index in [1.807, 2.05) is 26.2 Å². The molecule has 0 heterocycles. The van der Waals surface area contributed by atoms with Crippen molar-refractivity contribution in [3.8, 4) is 0 Å². The summed E-state index contributed by atoms with van der Waals surface area (Å²) in [5.41, 5.74) is 0.287. The zero-order valence-corrected chi connectivity index (χ0v) is 13.2. The Morgan fingerprint density at radius 2 is 1.76 bits per heavy atom. The van der Waals surface area contributed by atoms with Crippen LogP contribution in [0.4, 0.5) is 0 Å². The van der Waals surface area contributed by atoms with Gasteiger partial charge in [0.2, 0.25) is 8.32 Å². The van der Waals surface area contributed by atoms with E-state index in [0.29, 0.717) is 0 Å². The van der Waals surface area contributed by atoms with Crippen molar-refractivity contribution in [2.75, 3.05) is 12.5 Å². The quantitative estimate of drug-likeness (QED) is 0.331. The molecule has 0 aliphatic rings. The summed E-state index contributed by atoms with van der Waals surface area (Å²) in [6.45, 7) is 12.8. The van der Waals surface area contributed by atoms with Crippen LogP contribution in [0.5, 0.6) is 0 Å². The van der Waals surface area contributed by atoms with Gasteiger partial charge in [0.25, 0.3) is 0 Å². The van der Waals surface area contributed by atoms with Crippen LogP contribution in [0.15, 0.2) is 12.2 Å². The second-order valence-corrected chi connectivity index (χ2v) is 13.7. The van der Waals surface area contributed by atoms with Gasteiger partial charge >= 0.3 is 5.97 Å². The van der Waals surface area contributed by atoms with E-state index in [4.69, 9.17) is 14.1 Å². The van der Waals surface area contributed by atoms with Crippen LogP contribution in [-0.2, 0) is 18.7 Å². The third-order valence-corrected chi connectivity index (χ3v) is 7.82. The van der Waals surface area contributed by atoms with Crippen molar-refractivity contribution < 1.29 is 23.8 Å². The van der Waals surface area contributed by atoms with Gasteiger partial charge in [0, 0.05) is 5.57 Å². The van der Waals surface area contributed by atoms with Crippen LogP contribution >= 0.6 is 0 Å². The molecule has 5 nitrogen and oxygen atoms in total. The Morgan fingerprint density at radius 1 is 1.24 bits per heavy atom. The standard InChI is InChI=1S/C10H22O5Si2/c1-9(2)10(12)14-13-8-17(5,6)15-16(3,4)7-11/h11H,1,7-8H2,2-6H3. The van der Waals surface area contributed by atoms with Crippen molar-refractivity contribution in [2.45, 2.75) is 33.1 Å². The first-order valence-electron chi connectivity index (χ1n) is 5.40. The van der Waals surface area contributed by atoms with E-state index in [1.54, 1.807) is 6.92 Å². The molecule has 7 heteroatoms. The van der Waals surface area contributed by atoms with Crippen molar-refractivity contribution in [2.24, 2.45) is 0 Å². The van der Waals surface area contributed by atoms with Crippen molar-refractivity contribution in [1.82, 2.24) is 0 Å². The zero-order valence-electron chi connectivity index (χ0n) is 11.2. The minimum atomic E-state index is -2.09. The molecule has 0 unspecified atom stereocenters. The third-order valence-electron chi connectivity index (χ3n) is 1.82. The maximum Gasteiger partial charge on any atom is 0.368 e. The smallest absolute Gasteiger partial charge is 0.368 e. The van der Waals surface area contributed by atoms with Crippen LogP contribution in [0.2, 0.25) is 26.2 Å². The molecule has 0 spiro atoms. The Bertz CT molecular complexity index is 288. The summed E-state index contributed by atoms with van der Waals surface area (Å²) >= 11 is 0. The number of carbonyl (C=O) groups is 1. The van der Waals surface area contributed by atoms with Crippen LogP contribution in [-0.4, -0.2) is 40.2 Å². The molecule has 0 bridgehead atoms. The van der Waals surface area contributed by atoms with E-state index in [1.165, 1.54) is 0 Å². The number of carbonyl (C=O) groups excluding carboxylic acids is 1. The summed E-state index contributed by atoms with van der Waals surface area (Å²) in [5, 5.41) is 9.16. The molecule has 0 radical (unpaired) electrons. The second kappa shape index (κ2) is 6.45. The molecule has 0 saturated heterocycles. The van der Waals surface area contributed by atoms with Gasteiger partial charge in [-0.3, -0.25) is 4.89 Å². The first-order valence-corrected chi connectivity index (χ1v) is 11.6. The minimum Gasteiger partial charge on any atom is -0.452 e. The topological polar surface area (TPSA) is 65.0 Å². The Labute approximate surface area is 105 Å². The molecule has 0 fully saturated rings. The number of rotatable bonds is 7. The van der Waals surface area contributed by atoms with Crippen molar-refractivity contribution in [3.63, 3.8) is 0 Å². The van der Waals surface area contributed by atoms with Crippen LogP contribution in [0.1, 0.15) is 6.92 Å². The minimum absolute atomic E-state index is 0.0645. The highest BCUT2D eigenvalue weighted by atomic mass is 28.4. The summed E-state index contributed by atoms with van der Waals surface area (Å²) in [6.07, 6.45) is 0.303. The summed E-state index contributed by atoms with van der Waals surface area (Å²) < 4.78 is 5.91. The Balaban J connectivity index is 4.10. The van der Waals surface area contributed by atoms with Crippen molar-refractivity contribution in [3.05, 3.63) is 12.2 Å². The molecule has 1 N–H and O–H groups in total.